The molecule has 0 aliphatic rings. The van der Waals surface area contributed by atoms with Gasteiger partial charge in [-0.2, -0.15) is 0 Å². The van der Waals surface area contributed by atoms with Crippen LogP contribution in [0.3, 0.4) is 0 Å². The van der Waals surface area contributed by atoms with Crippen molar-refractivity contribution in [1.29, 1.82) is 0 Å². The molecular weight excluding hydrogens is 274 g/mol. The minimum absolute atomic E-state index is 0.130. The molecule has 0 saturated carbocycles. The molecule has 114 valence electrons. The van der Waals surface area contributed by atoms with E-state index in [1.165, 1.54) is 20.5 Å². The van der Waals surface area contributed by atoms with Gasteiger partial charge >= 0.3 is 0 Å². The molecule has 0 aliphatic carbocycles. The molecule has 1 N–H and O–H groups in total. The number of ketones is 1. The van der Waals surface area contributed by atoms with Gasteiger partial charge in [0, 0.05) is 13.0 Å². The summed E-state index contributed by atoms with van der Waals surface area (Å²) in [5.41, 5.74) is 0.487. The number of phenols is 1. The first-order valence-corrected chi connectivity index (χ1v) is 6.53. The SMILES string of the molecule is COc1c(C(=O)CCN(C)C)c(O)c(OC)c2occc12. The zero-order valence-electron chi connectivity index (χ0n) is 12.6. The average molecular weight is 293 g/mol. The van der Waals surface area contributed by atoms with Crippen molar-refractivity contribution in [3.63, 3.8) is 0 Å². The normalized spacial score (nSPS) is 11.1. The highest BCUT2D eigenvalue weighted by molar-refractivity contribution is 6.09. The van der Waals surface area contributed by atoms with E-state index in [0.29, 0.717) is 23.3 Å². The largest absolute Gasteiger partial charge is 0.504 e. The number of benzene rings is 1. The van der Waals surface area contributed by atoms with Crippen LogP contribution in [0.2, 0.25) is 0 Å². The summed E-state index contributed by atoms with van der Waals surface area (Å²) in [6.45, 7) is 0.577. The van der Waals surface area contributed by atoms with Gasteiger partial charge in [-0.1, -0.05) is 0 Å². The Morgan fingerprint density at radius 1 is 1.29 bits per heavy atom. The van der Waals surface area contributed by atoms with Gasteiger partial charge in [-0.15, -0.1) is 0 Å². The summed E-state index contributed by atoms with van der Waals surface area (Å²) in [5.74, 6) is -0.00943. The topological polar surface area (TPSA) is 72.1 Å². The molecule has 6 heteroatoms. The van der Waals surface area contributed by atoms with Gasteiger partial charge in [0.25, 0.3) is 0 Å². The number of carbonyl (C=O) groups excluding carboxylic acids is 1. The fourth-order valence-corrected chi connectivity index (χ4v) is 2.24. The van der Waals surface area contributed by atoms with Gasteiger partial charge in [-0.25, -0.2) is 0 Å². The van der Waals surface area contributed by atoms with E-state index in [0.717, 1.165) is 0 Å². The summed E-state index contributed by atoms with van der Waals surface area (Å²) in [6.07, 6.45) is 1.73. The summed E-state index contributed by atoms with van der Waals surface area (Å²) in [6, 6.07) is 1.68. The van der Waals surface area contributed by atoms with Crippen LogP contribution in [0, 0.1) is 0 Å². The van der Waals surface area contributed by atoms with E-state index in [9.17, 15) is 9.90 Å². The van der Waals surface area contributed by atoms with E-state index in [4.69, 9.17) is 13.9 Å². The van der Waals surface area contributed by atoms with E-state index in [1.807, 2.05) is 19.0 Å². The molecule has 0 spiro atoms. The van der Waals surface area contributed by atoms with Crippen LogP contribution in [0.1, 0.15) is 16.8 Å². The number of nitrogens with zero attached hydrogens (tertiary/aromatic N) is 1. The van der Waals surface area contributed by atoms with Gasteiger partial charge in [-0.05, 0) is 20.2 Å². The molecule has 0 fully saturated rings. The Bertz CT molecular complexity index is 660. The van der Waals surface area contributed by atoms with Gasteiger partial charge in [0.2, 0.25) is 5.75 Å². The third-order valence-corrected chi connectivity index (χ3v) is 3.27. The number of fused-ring (bicyclic) bond motifs is 1. The number of hydrogen-bond donors (Lipinski definition) is 1. The van der Waals surface area contributed by atoms with Crippen LogP contribution in [0.5, 0.6) is 17.2 Å². The Kier molecular flexibility index (Phi) is 4.37. The molecule has 0 amide bonds. The van der Waals surface area contributed by atoms with Crippen LogP contribution < -0.4 is 9.47 Å². The first-order valence-electron chi connectivity index (χ1n) is 6.53. The van der Waals surface area contributed by atoms with Crippen LogP contribution in [0.4, 0.5) is 0 Å². The van der Waals surface area contributed by atoms with Crippen molar-refractivity contribution in [3.05, 3.63) is 17.9 Å². The zero-order valence-corrected chi connectivity index (χ0v) is 12.6. The first-order chi connectivity index (χ1) is 10.0. The number of aromatic hydroxyl groups is 1. The Morgan fingerprint density at radius 3 is 2.52 bits per heavy atom. The third kappa shape index (κ3) is 2.67. The summed E-state index contributed by atoms with van der Waals surface area (Å²) < 4.78 is 15.8. The fraction of sp³-hybridized carbons (Fsp3) is 0.400. The van der Waals surface area contributed by atoms with E-state index >= 15 is 0 Å². The minimum atomic E-state index is -0.249. The summed E-state index contributed by atoms with van der Waals surface area (Å²) >= 11 is 0. The van der Waals surface area contributed by atoms with Crippen molar-refractivity contribution in [2.24, 2.45) is 0 Å². The number of hydrogen-bond acceptors (Lipinski definition) is 6. The smallest absolute Gasteiger partial charge is 0.205 e. The first kappa shape index (κ1) is 15.2. The second-order valence-corrected chi connectivity index (χ2v) is 4.93. The van der Waals surface area contributed by atoms with Gasteiger partial charge in [0.05, 0.1) is 25.9 Å². The van der Waals surface area contributed by atoms with Gasteiger partial charge in [0.15, 0.2) is 17.1 Å². The summed E-state index contributed by atoms with van der Waals surface area (Å²) in [7, 11) is 6.63. The number of carbonyl (C=O) groups is 1. The van der Waals surface area contributed by atoms with Crippen LogP contribution in [0.15, 0.2) is 16.7 Å². The van der Waals surface area contributed by atoms with Gasteiger partial charge in [0.1, 0.15) is 11.3 Å². The molecule has 1 heterocycles. The molecule has 1 aromatic heterocycles. The zero-order chi connectivity index (χ0) is 15.6. The van der Waals surface area contributed by atoms with E-state index in [2.05, 4.69) is 0 Å². The van der Waals surface area contributed by atoms with Gasteiger partial charge in [-0.3, -0.25) is 4.79 Å². The number of methoxy groups -OCH3 is 2. The lowest BCUT2D eigenvalue weighted by atomic mass is 10.0. The fourth-order valence-electron chi connectivity index (χ4n) is 2.24. The Labute approximate surface area is 122 Å². The molecule has 0 atom stereocenters. The molecule has 2 aromatic rings. The number of ether oxygens (including phenoxy) is 2. The molecule has 0 aliphatic heterocycles. The maximum atomic E-state index is 12.4. The Hall–Kier alpha value is -2.21. The highest BCUT2D eigenvalue weighted by atomic mass is 16.5. The van der Waals surface area contributed by atoms with Crippen molar-refractivity contribution < 1.29 is 23.8 Å². The lowest BCUT2D eigenvalue weighted by Gasteiger charge is -2.15. The highest BCUT2D eigenvalue weighted by Crippen LogP contribution is 2.45. The summed E-state index contributed by atoms with van der Waals surface area (Å²) in [5, 5.41) is 11.0. The molecule has 0 saturated heterocycles. The van der Waals surface area contributed by atoms with Crippen LogP contribution >= 0.6 is 0 Å². The molecular formula is C15H19NO5. The maximum Gasteiger partial charge on any atom is 0.205 e. The van der Waals surface area contributed by atoms with Crippen molar-refractivity contribution in [2.75, 3.05) is 34.9 Å². The second-order valence-electron chi connectivity index (χ2n) is 4.93. The van der Waals surface area contributed by atoms with Crippen molar-refractivity contribution >= 4 is 16.8 Å². The minimum Gasteiger partial charge on any atom is -0.504 e. The second kappa shape index (κ2) is 6.05. The predicted molar refractivity (Wildman–Crippen MR) is 78.5 cm³/mol. The lowest BCUT2D eigenvalue weighted by molar-refractivity contribution is 0.0966. The summed E-state index contributed by atoms with van der Waals surface area (Å²) in [4.78, 5) is 14.3. The number of phenolic OH excluding ortho intramolecular Hbond substituents is 1. The quantitative estimate of drug-likeness (QED) is 0.824. The molecule has 21 heavy (non-hydrogen) atoms. The average Bonchev–Trinajstić information content (AvgIpc) is 2.92. The maximum absolute atomic E-state index is 12.4. The third-order valence-electron chi connectivity index (χ3n) is 3.27. The van der Waals surface area contributed by atoms with Gasteiger partial charge < -0.3 is 23.9 Å². The predicted octanol–water partition coefficient (Wildman–Crippen LogP) is 2.29. The molecule has 0 radical (unpaired) electrons. The van der Waals surface area contributed by atoms with Crippen molar-refractivity contribution in [2.45, 2.75) is 6.42 Å². The van der Waals surface area contributed by atoms with E-state index in [-0.39, 0.29) is 29.3 Å². The van der Waals surface area contributed by atoms with Crippen LogP contribution in [0.25, 0.3) is 11.0 Å². The molecule has 2 rings (SSSR count). The number of Topliss-reactive ketones (excluding diaryl/α,β-unsaturated/α-hetero) is 1. The van der Waals surface area contributed by atoms with Crippen molar-refractivity contribution in [3.8, 4) is 17.2 Å². The van der Waals surface area contributed by atoms with Crippen LogP contribution in [-0.2, 0) is 0 Å². The van der Waals surface area contributed by atoms with E-state index < -0.39 is 0 Å². The van der Waals surface area contributed by atoms with Crippen molar-refractivity contribution in [1.82, 2.24) is 4.90 Å². The van der Waals surface area contributed by atoms with E-state index in [1.54, 1.807) is 6.07 Å². The Balaban J connectivity index is 2.60. The monoisotopic (exact) mass is 293 g/mol. The Morgan fingerprint density at radius 2 is 1.95 bits per heavy atom. The number of rotatable bonds is 6. The molecule has 0 unspecified atom stereocenters. The molecule has 6 nitrogen and oxygen atoms in total. The highest BCUT2D eigenvalue weighted by Gasteiger charge is 2.27. The number of furan rings is 1. The van der Waals surface area contributed by atoms with Crippen LogP contribution in [-0.4, -0.2) is 50.6 Å². The molecule has 1 aromatic carbocycles. The lowest BCUT2D eigenvalue weighted by Crippen LogP contribution is -2.17. The molecule has 0 bridgehead atoms. The standard InChI is InChI=1S/C15H19NO5/c1-16(2)7-5-10(17)11-12(18)15(20-4)14-9(6-8-21-14)13(11)19-3/h6,8,18H,5,7H2,1-4H3.